The van der Waals surface area contributed by atoms with Crippen molar-refractivity contribution < 1.29 is 4.79 Å². The van der Waals surface area contributed by atoms with Crippen molar-refractivity contribution in [1.29, 1.82) is 0 Å². The second-order valence-electron chi connectivity index (χ2n) is 9.16. The van der Waals surface area contributed by atoms with Crippen LogP contribution in [0.2, 0.25) is 0 Å². The van der Waals surface area contributed by atoms with Crippen LogP contribution in [0.3, 0.4) is 0 Å². The molecule has 3 aromatic heterocycles. The summed E-state index contributed by atoms with van der Waals surface area (Å²) in [6.07, 6.45) is 11.7. The van der Waals surface area contributed by atoms with Gasteiger partial charge in [0.1, 0.15) is 0 Å². The van der Waals surface area contributed by atoms with Gasteiger partial charge in [0.2, 0.25) is 0 Å². The predicted octanol–water partition coefficient (Wildman–Crippen LogP) is 4.92. The third kappa shape index (κ3) is 3.65. The number of aryl methyl sites for hydroxylation is 1. The van der Waals surface area contributed by atoms with E-state index in [1.165, 1.54) is 23.3 Å². The molecule has 154 valence electrons. The Morgan fingerprint density at radius 2 is 2.00 bits per heavy atom. The van der Waals surface area contributed by atoms with Crippen molar-refractivity contribution >= 4 is 17.2 Å². The lowest BCUT2D eigenvalue weighted by Gasteiger charge is -2.36. The van der Waals surface area contributed by atoms with E-state index in [9.17, 15) is 4.79 Å². The number of hydrogen-bond acceptors (Lipinski definition) is 5. The second-order valence-corrected chi connectivity index (χ2v) is 10.1. The fraction of sp³-hybridized carbons (Fsp3) is 0.417. The maximum Gasteiger partial charge on any atom is 0.252 e. The van der Waals surface area contributed by atoms with Gasteiger partial charge in [0, 0.05) is 40.0 Å². The van der Waals surface area contributed by atoms with Gasteiger partial charge in [0.05, 0.1) is 17.3 Å². The summed E-state index contributed by atoms with van der Waals surface area (Å²) < 4.78 is 0. The summed E-state index contributed by atoms with van der Waals surface area (Å²) in [4.78, 5) is 28.2. The van der Waals surface area contributed by atoms with Crippen molar-refractivity contribution in [2.45, 2.75) is 58.4 Å². The molecule has 2 aliphatic rings. The van der Waals surface area contributed by atoms with Gasteiger partial charge in [-0.05, 0) is 61.6 Å². The minimum atomic E-state index is -0.0677. The number of nitrogens with zero attached hydrogens (tertiary/aromatic N) is 3. The molecule has 0 aliphatic heterocycles. The summed E-state index contributed by atoms with van der Waals surface area (Å²) in [6, 6.07) is 3.78. The van der Waals surface area contributed by atoms with Crippen molar-refractivity contribution in [3.63, 3.8) is 0 Å². The van der Waals surface area contributed by atoms with Gasteiger partial charge in [-0.1, -0.05) is 13.8 Å². The standard InChI is InChI=1S/C24H26N4OS/c1-24(2)11-19-17(13-26-22(27-19)15-7-9-25-10-8-15)20(12-24)28-23(29)18-14-30-21-6-4-3-5-16(18)21/h7-10,13-14,20H,3-6,11-12H2,1-2H3,(H,28,29)/t20-/m1/s1. The normalized spacial score (nSPS) is 19.6. The van der Waals surface area contributed by atoms with Gasteiger partial charge in [-0.25, -0.2) is 9.97 Å². The molecule has 30 heavy (non-hydrogen) atoms. The molecule has 0 saturated heterocycles. The molecule has 2 aliphatic carbocycles. The Kier molecular flexibility index (Phi) is 4.89. The summed E-state index contributed by atoms with van der Waals surface area (Å²) in [6.45, 7) is 4.49. The fourth-order valence-corrected chi connectivity index (χ4v) is 5.86. The van der Waals surface area contributed by atoms with E-state index in [-0.39, 0.29) is 17.4 Å². The Morgan fingerprint density at radius 1 is 1.20 bits per heavy atom. The van der Waals surface area contributed by atoms with Gasteiger partial charge in [-0.15, -0.1) is 11.3 Å². The number of rotatable bonds is 3. The highest BCUT2D eigenvalue weighted by Crippen LogP contribution is 2.40. The van der Waals surface area contributed by atoms with Crippen LogP contribution in [0.1, 0.15) is 71.2 Å². The van der Waals surface area contributed by atoms with E-state index in [1.54, 1.807) is 23.7 Å². The van der Waals surface area contributed by atoms with Crippen LogP contribution in [0.25, 0.3) is 11.4 Å². The Hall–Kier alpha value is -2.60. The molecule has 3 heterocycles. The van der Waals surface area contributed by atoms with Gasteiger partial charge in [-0.3, -0.25) is 9.78 Å². The van der Waals surface area contributed by atoms with E-state index in [2.05, 4.69) is 29.1 Å². The monoisotopic (exact) mass is 418 g/mol. The Balaban J connectivity index is 1.45. The highest BCUT2D eigenvalue weighted by molar-refractivity contribution is 7.10. The first kappa shape index (κ1) is 19.4. The number of nitrogens with one attached hydrogen (secondary N) is 1. The number of aromatic nitrogens is 3. The quantitative estimate of drug-likeness (QED) is 0.655. The number of thiophene rings is 1. The van der Waals surface area contributed by atoms with Crippen LogP contribution in [-0.4, -0.2) is 20.9 Å². The molecule has 3 aromatic rings. The highest BCUT2D eigenvalue weighted by atomic mass is 32.1. The summed E-state index contributed by atoms with van der Waals surface area (Å²) >= 11 is 1.74. The SMILES string of the molecule is CC1(C)Cc2nc(-c3ccncc3)ncc2[C@H](NC(=O)c2csc3c2CCCC3)C1. The maximum atomic E-state index is 13.2. The van der Waals surface area contributed by atoms with Gasteiger partial charge >= 0.3 is 0 Å². The van der Waals surface area contributed by atoms with Gasteiger partial charge < -0.3 is 5.32 Å². The molecule has 1 atom stereocenters. The number of carbonyl (C=O) groups excluding carboxylic acids is 1. The topological polar surface area (TPSA) is 67.8 Å². The summed E-state index contributed by atoms with van der Waals surface area (Å²) in [5, 5.41) is 5.37. The Bertz CT molecular complexity index is 1090. The second kappa shape index (κ2) is 7.58. The lowest BCUT2D eigenvalue weighted by molar-refractivity contribution is 0.0918. The van der Waals surface area contributed by atoms with E-state index in [0.717, 1.165) is 48.1 Å². The predicted molar refractivity (Wildman–Crippen MR) is 119 cm³/mol. The molecule has 0 aromatic carbocycles. The summed E-state index contributed by atoms with van der Waals surface area (Å²) in [5.41, 5.74) is 5.23. The van der Waals surface area contributed by atoms with Crippen LogP contribution in [0.5, 0.6) is 0 Å². The van der Waals surface area contributed by atoms with Crippen molar-refractivity contribution in [2.24, 2.45) is 5.41 Å². The first-order valence-corrected chi connectivity index (χ1v) is 11.5. The smallest absolute Gasteiger partial charge is 0.252 e. The number of fused-ring (bicyclic) bond motifs is 2. The van der Waals surface area contributed by atoms with Crippen molar-refractivity contribution in [3.05, 3.63) is 63.4 Å². The molecule has 5 rings (SSSR count). The molecule has 0 unspecified atom stereocenters. The van der Waals surface area contributed by atoms with E-state index < -0.39 is 0 Å². The molecule has 6 heteroatoms. The molecule has 0 spiro atoms. The third-order valence-electron chi connectivity index (χ3n) is 6.23. The number of hydrogen-bond donors (Lipinski definition) is 1. The van der Waals surface area contributed by atoms with Crippen LogP contribution in [-0.2, 0) is 19.3 Å². The van der Waals surface area contributed by atoms with E-state index in [0.29, 0.717) is 5.82 Å². The van der Waals surface area contributed by atoms with Crippen molar-refractivity contribution in [1.82, 2.24) is 20.3 Å². The average molecular weight is 419 g/mol. The van der Waals surface area contributed by atoms with Crippen LogP contribution >= 0.6 is 11.3 Å². The van der Waals surface area contributed by atoms with Crippen molar-refractivity contribution in [3.8, 4) is 11.4 Å². The molecule has 1 N–H and O–H groups in total. The summed E-state index contributed by atoms with van der Waals surface area (Å²) in [7, 11) is 0. The Labute approximate surface area is 181 Å². The van der Waals surface area contributed by atoms with E-state index >= 15 is 0 Å². The van der Waals surface area contributed by atoms with Crippen LogP contribution < -0.4 is 5.32 Å². The molecule has 5 nitrogen and oxygen atoms in total. The van der Waals surface area contributed by atoms with Gasteiger partial charge in [0.15, 0.2) is 5.82 Å². The minimum absolute atomic E-state index is 0.0428. The maximum absolute atomic E-state index is 13.2. The third-order valence-corrected chi connectivity index (χ3v) is 7.32. The molecule has 0 bridgehead atoms. The van der Waals surface area contributed by atoms with E-state index in [4.69, 9.17) is 4.98 Å². The molecule has 0 saturated carbocycles. The zero-order valence-corrected chi connectivity index (χ0v) is 18.3. The minimum Gasteiger partial charge on any atom is -0.345 e. The molecule has 0 radical (unpaired) electrons. The molecular formula is C24H26N4OS. The van der Waals surface area contributed by atoms with Crippen LogP contribution in [0.15, 0.2) is 36.1 Å². The number of amides is 1. The lowest BCUT2D eigenvalue weighted by Crippen LogP contribution is -2.37. The van der Waals surface area contributed by atoms with Crippen LogP contribution in [0, 0.1) is 5.41 Å². The lowest BCUT2D eigenvalue weighted by atomic mass is 9.74. The van der Waals surface area contributed by atoms with Crippen molar-refractivity contribution in [2.75, 3.05) is 0 Å². The first-order chi connectivity index (χ1) is 14.5. The van der Waals surface area contributed by atoms with Gasteiger partial charge in [-0.2, -0.15) is 0 Å². The number of pyridine rings is 1. The molecular weight excluding hydrogens is 392 g/mol. The van der Waals surface area contributed by atoms with E-state index in [1.807, 2.05) is 23.7 Å². The fourth-order valence-electron chi connectivity index (χ4n) is 4.74. The zero-order valence-electron chi connectivity index (χ0n) is 17.4. The molecule has 0 fully saturated rings. The number of carbonyl (C=O) groups is 1. The average Bonchev–Trinajstić information content (AvgIpc) is 3.17. The first-order valence-electron chi connectivity index (χ1n) is 10.7. The largest absolute Gasteiger partial charge is 0.345 e. The van der Waals surface area contributed by atoms with Crippen LogP contribution in [0.4, 0.5) is 0 Å². The summed E-state index contributed by atoms with van der Waals surface area (Å²) in [5.74, 6) is 0.757. The van der Waals surface area contributed by atoms with Gasteiger partial charge in [0.25, 0.3) is 5.91 Å². The zero-order chi connectivity index (χ0) is 20.7. The molecule has 1 amide bonds. The Morgan fingerprint density at radius 3 is 2.83 bits per heavy atom. The highest BCUT2D eigenvalue weighted by Gasteiger charge is 2.35.